The van der Waals surface area contributed by atoms with Gasteiger partial charge in [-0.2, -0.15) is 5.10 Å². The van der Waals surface area contributed by atoms with Crippen LogP contribution < -0.4 is 5.32 Å². The predicted molar refractivity (Wildman–Crippen MR) is 73.1 cm³/mol. The minimum atomic E-state index is 0.872. The van der Waals surface area contributed by atoms with E-state index in [1.165, 1.54) is 5.56 Å². The third kappa shape index (κ3) is 3.17. The Morgan fingerprint density at radius 2 is 2.06 bits per heavy atom. The van der Waals surface area contributed by atoms with E-state index in [-0.39, 0.29) is 0 Å². The molecular weight excluding hydrogens is 224 g/mol. The molecule has 2 aromatic heterocycles. The lowest BCUT2D eigenvalue weighted by Crippen LogP contribution is -2.13. The summed E-state index contributed by atoms with van der Waals surface area (Å²) in [4.78, 5) is 4.30. The molecule has 4 heteroatoms. The van der Waals surface area contributed by atoms with Crippen molar-refractivity contribution >= 4 is 0 Å². The van der Waals surface area contributed by atoms with Gasteiger partial charge in [0.15, 0.2) is 0 Å². The number of hydrogen-bond acceptors (Lipinski definition) is 3. The molecule has 0 saturated carbocycles. The number of nitrogens with one attached hydrogen (secondary N) is 1. The molecule has 0 aromatic carbocycles. The van der Waals surface area contributed by atoms with E-state index < -0.39 is 0 Å². The summed E-state index contributed by atoms with van der Waals surface area (Å²) in [5.41, 5.74) is 3.47. The van der Waals surface area contributed by atoms with Crippen molar-refractivity contribution in [2.45, 2.75) is 33.4 Å². The van der Waals surface area contributed by atoms with Gasteiger partial charge in [0, 0.05) is 42.8 Å². The summed E-state index contributed by atoms with van der Waals surface area (Å²) < 4.78 is 1.93. The third-order valence-corrected chi connectivity index (χ3v) is 2.84. The number of pyridine rings is 1. The summed E-state index contributed by atoms with van der Waals surface area (Å²) in [6.07, 6.45) is 8.90. The zero-order valence-electron chi connectivity index (χ0n) is 11.1. The molecule has 0 aliphatic heterocycles. The molecule has 96 valence electrons. The van der Waals surface area contributed by atoms with Crippen molar-refractivity contribution in [2.24, 2.45) is 0 Å². The van der Waals surface area contributed by atoms with Gasteiger partial charge in [-0.15, -0.1) is 0 Å². The SMILES string of the molecule is CCCNCc1cncc(-c2cnn(CC)c2)c1. The first-order valence-corrected chi connectivity index (χ1v) is 6.51. The smallest absolute Gasteiger partial charge is 0.0568 e. The first-order valence-electron chi connectivity index (χ1n) is 6.51. The third-order valence-electron chi connectivity index (χ3n) is 2.84. The van der Waals surface area contributed by atoms with Gasteiger partial charge in [-0.05, 0) is 31.5 Å². The fraction of sp³-hybridized carbons (Fsp3) is 0.429. The Labute approximate surface area is 108 Å². The summed E-state index contributed by atoms with van der Waals surface area (Å²) in [5, 5.41) is 7.67. The van der Waals surface area contributed by atoms with Crippen LogP contribution >= 0.6 is 0 Å². The molecular formula is C14H20N4. The van der Waals surface area contributed by atoms with E-state index in [1.54, 1.807) is 0 Å². The van der Waals surface area contributed by atoms with Gasteiger partial charge in [-0.1, -0.05) is 6.92 Å². The van der Waals surface area contributed by atoms with Gasteiger partial charge < -0.3 is 5.32 Å². The van der Waals surface area contributed by atoms with E-state index in [1.807, 2.05) is 23.3 Å². The zero-order chi connectivity index (χ0) is 12.8. The lowest BCUT2D eigenvalue weighted by Gasteiger charge is -2.04. The first-order chi connectivity index (χ1) is 8.83. The Hall–Kier alpha value is -1.68. The van der Waals surface area contributed by atoms with Crippen molar-refractivity contribution in [3.05, 3.63) is 36.4 Å². The monoisotopic (exact) mass is 244 g/mol. The Balaban J connectivity index is 2.11. The van der Waals surface area contributed by atoms with Gasteiger partial charge in [-0.25, -0.2) is 0 Å². The van der Waals surface area contributed by atoms with Crippen LogP contribution in [0.25, 0.3) is 11.1 Å². The van der Waals surface area contributed by atoms with Crippen LogP contribution in [-0.2, 0) is 13.1 Å². The molecule has 2 aromatic rings. The second-order valence-corrected chi connectivity index (χ2v) is 4.34. The molecule has 18 heavy (non-hydrogen) atoms. The number of rotatable bonds is 6. The van der Waals surface area contributed by atoms with Gasteiger partial charge in [0.1, 0.15) is 0 Å². The molecule has 0 unspecified atom stereocenters. The summed E-state index contributed by atoms with van der Waals surface area (Å²) in [6, 6.07) is 2.17. The highest BCUT2D eigenvalue weighted by molar-refractivity contribution is 5.61. The fourth-order valence-electron chi connectivity index (χ4n) is 1.84. The standard InChI is InChI=1S/C14H20N4/c1-3-5-15-7-12-6-13(9-16-8-12)14-10-17-18(4-2)11-14/h6,8-11,15H,3-5,7H2,1-2H3. The largest absolute Gasteiger partial charge is 0.313 e. The summed E-state index contributed by atoms with van der Waals surface area (Å²) in [7, 11) is 0. The molecule has 0 saturated heterocycles. The van der Waals surface area contributed by atoms with E-state index >= 15 is 0 Å². The van der Waals surface area contributed by atoms with Crippen molar-refractivity contribution < 1.29 is 0 Å². The van der Waals surface area contributed by atoms with Crippen LogP contribution in [0, 0.1) is 0 Å². The molecule has 4 nitrogen and oxygen atoms in total. The van der Waals surface area contributed by atoms with E-state index in [9.17, 15) is 0 Å². The maximum atomic E-state index is 4.30. The van der Waals surface area contributed by atoms with Gasteiger partial charge in [0.2, 0.25) is 0 Å². The summed E-state index contributed by atoms with van der Waals surface area (Å²) >= 11 is 0. The zero-order valence-corrected chi connectivity index (χ0v) is 11.1. The highest BCUT2D eigenvalue weighted by Gasteiger charge is 2.02. The highest BCUT2D eigenvalue weighted by Crippen LogP contribution is 2.18. The fourth-order valence-corrected chi connectivity index (χ4v) is 1.84. The second kappa shape index (κ2) is 6.31. The van der Waals surface area contributed by atoms with Crippen LogP contribution in [0.15, 0.2) is 30.9 Å². The van der Waals surface area contributed by atoms with Crippen molar-refractivity contribution in [3.8, 4) is 11.1 Å². The van der Waals surface area contributed by atoms with Gasteiger partial charge in [0.25, 0.3) is 0 Å². The Bertz CT molecular complexity index is 490. The molecule has 0 radical (unpaired) electrons. The van der Waals surface area contributed by atoms with E-state index in [4.69, 9.17) is 0 Å². The minimum Gasteiger partial charge on any atom is -0.313 e. The molecule has 0 spiro atoms. The summed E-state index contributed by atoms with van der Waals surface area (Å²) in [6.45, 7) is 7.06. The van der Waals surface area contributed by atoms with Crippen molar-refractivity contribution in [1.82, 2.24) is 20.1 Å². The number of nitrogens with zero attached hydrogens (tertiary/aromatic N) is 3. The van der Waals surface area contributed by atoms with Crippen molar-refractivity contribution in [2.75, 3.05) is 6.54 Å². The van der Waals surface area contributed by atoms with Crippen LogP contribution in [0.2, 0.25) is 0 Å². The van der Waals surface area contributed by atoms with Crippen LogP contribution in [0.5, 0.6) is 0 Å². The molecule has 2 rings (SSSR count). The molecule has 0 amide bonds. The van der Waals surface area contributed by atoms with Crippen LogP contribution in [0.1, 0.15) is 25.8 Å². The second-order valence-electron chi connectivity index (χ2n) is 4.34. The van der Waals surface area contributed by atoms with E-state index in [0.717, 1.165) is 37.2 Å². The minimum absolute atomic E-state index is 0.872. The normalized spacial score (nSPS) is 10.8. The first kappa shape index (κ1) is 12.8. The molecule has 0 aliphatic carbocycles. The molecule has 1 N–H and O–H groups in total. The molecule has 0 atom stereocenters. The lowest BCUT2D eigenvalue weighted by atomic mass is 10.1. The van der Waals surface area contributed by atoms with Gasteiger partial charge in [-0.3, -0.25) is 9.67 Å². The highest BCUT2D eigenvalue weighted by atomic mass is 15.3. The maximum absolute atomic E-state index is 4.30. The summed E-state index contributed by atoms with van der Waals surface area (Å²) in [5.74, 6) is 0. The van der Waals surface area contributed by atoms with Crippen molar-refractivity contribution in [1.29, 1.82) is 0 Å². The molecule has 0 fully saturated rings. The topological polar surface area (TPSA) is 42.7 Å². The molecule has 2 heterocycles. The quantitative estimate of drug-likeness (QED) is 0.794. The average molecular weight is 244 g/mol. The van der Waals surface area contributed by atoms with E-state index in [0.29, 0.717) is 0 Å². The van der Waals surface area contributed by atoms with Crippen LogP contribution in [-0.4, -0.2) is 21.3 Å². The number of hydrogen-bond donors (Lipinski definition) is 1. The van der Waals surface area contributed by atoms with Gasteiger partial charge in [0.05, 0.1) is 6.20 Å². The average Bonchev–Trinajstić information content (AvgIpc) is 2.88. The Kier molecular flexibility index (Phi) is 4.47. The molecule has 0 aliphatic rings. The predicted octanol–water partition coefficient (Wildman–Crippen LogP) is 2.46. The number of aromatic nitrogens is 3. The van der Waals surface area contributed by atoms with E-state index in [2.05, 4.69) is 41.5 Å². The van der Waals surface area contributed by atoms with Crippen LogP contribution in [0.3, 0.4) is 0 Å². The lowest BCUT2D eigenvalue weighted by molar-refractivity contribution is 0.660. The Morgan fingerprint density at radius 1 is 1.17 bits per heavy atom. The Morgan fingerprint density at radius 3 is 2.78 bits per heavy atom. The van der Waals surface area contributed by atoms with Gasteiger partial charge >= 0.3 is 0 Å². The molecule has 0 bridgehead atoms. The van der Waals surface area contributed by atoms with Crippen molar-refractivity contribution in [3.63, 3.8) is 0 Å². The van der Waals surface area contributed by atoms with Crippen LogP contribution in [0.4, 0.5) is 0 Å². The maximum Gasteiger partial charge on any atom is 0.0568 e. The number of aryl methyl sites for hydroxylation is 1.